The average molecular weight is 260 g/mol. The third-order valence-corrected chi connectivity index (χ3v) is 1.48. The van der Waals surface area contributed by atoms with E-state index in [2.05, 4.69) is 16.1 Å². The first-order valence-corrected chi connectivity index (χ1v) is 4.47. The van der Waals surface area contributed by atoms with Gasteiger partial charge in [0.2, 0.25) is 0 Å². The molecule has 0 bridgehead atoms. The summed E-state index contributed by atoms with van der Waals surface area (Å²) in [5, 5.41) is 9.01. The van der Waals surface area contributed by atoms with E-state index in [-0.39, 0.29) is 5.57 Å². The minimum absolute atomic E-state index is 0.0519. The van der Waals surface area contributed by atoms with Crippen molar-refractivity contribution in [3.8, 4) is 0 Å². The third kappa shape index (κ3) is 6.22. The summed E-state index contributed by atoms with van der Waals surface area (Å²) >= 11 is 0. The Kier molecular flexibility index (Phi) is 6.11. The van der Waals surface area contributed by atoms with Gasteiger partial charge in [-0.05, 0) is 6.92 Å². The lowest BCUT2D eigenvalue weighted by Gasteiger charge is -2.18. The molecule has 0 amide bonds. The van der Waals surface area contributed by atoms with E-state index in [4.69, 9.17) is 5.11 Å². The number of carbonyl (C=O) groups excluding carboxylic acids is 1. The number of hydrogen-bond acceptors (Lipinski definition) is 4. The number of alkyl halides is 4. The summed E-state index contributed by atoms with van der Waals surface area (Å²) < 4.78 is 55.6. The van der Waals surface area contributed by atoms with Gasteiger partial charge in [-0.25, -0.2) is 13.6 Å². The zero-order valence-corrected chi connectivity index (χ0v) is 8.96. The quantitative estimate of drug-likeness (QED) is 0.426. The number of aliphatic hydroxyl groups is 1. The molecule has 0 rings (SSSR count). The molecule has 1 unspecified atom stereocenters. The molecule has 0 aliphatic carbocycles. The number of esters is 1. The Hall–Kier alpha value is -1.15. The number of hydrogen-bond donors (Lipinski definition) is 1. The molecule has 0 aliphatic heterocycles. The second-order valence-corrected chi connectivity index (χ2v) is 3.21. The van der Waals surface area contributed by atoms with E-state index in [1.807, 2.05) is 0 Å². The molecule has 1 N–H and O–H groups in total. The standard InChI is InChI=1S/C9H12F4O4/c1-5(2)7(15)16-3-6(14)4-17-9(12,13)8(10)11/h6,8,14H,1,3-4H2,2H3. The summed E-state index contributed by atoms with van der Waals surface area (Å²) in [5.74, 6) is -0.829. The number of carbonyl (C=O) groups is 1. The van der Waals surface area contributed by atoms with Crippen LogP contribution in [0.5, 0.6) is 0 Å². The van der Waals surface area contributed by atoms with E-state index in [0.29, 0.717) is 0 Å². The smallest absolute Gasteiger partial charge is 0.416 e. The number of ether oxygens (including phenoxy) is 2. The van der Waals surface area contributed by atoms with E-state index >= 15 is 0 Å². The molecule has 4 nitrogen and oxygen atoms in total. The van der Waals surface area contributed by atoms with Gasteiger partial charge in [0.05, 0.1) is 6.61 Å². The highest BCUT2D eigenvalue weighted by Crippen LogP contribution is 2.24. The maximum atomic E-state index is 12.2. The minimum atomic E-state index is -4.64. The van der Waals surface area contributed by atoms with Crippen LogP contribution in [0.1, 0.15) is 6.92 Å². The first-order chi connectivity index (χ1) is 7.66. The fraction of sp³-hybridized carbons (Fsp3) is 0.667. The summed E-state index contributed by atoms with van der Waals surface area (Å²) in [7, 11) is 0. The van der Waals surface area contributed by atoms with Crippen molar-refractivity contribution in [2.45, 2.75) is 25.6 Å². The second-order valence-electron chi connectivity index (χ2n) is 3.21. The predicted molar refractivity (Wildman–Crippen MR) is 48.7 cm³/mol. The van der Waals surface area contributed by atoms with Crippen molar-refractivity contribution in [1.29, 1.82) is 0 Å². The summed E-state index contributed by atoms with van der Waals surface area (Å²) in [6.45, 7) is 2.85. The van der Waals surface area contributed by atoms with Crippen LogP contribution in [0.15, 0.2) is 12.2 Å². The van der Waals surface area contributed by atoms with Crippen LogP contribution in [0.2, 0.25) is 0 Å². The number of halogens is 4. The zero-order chi connectivity index (χ0) is 13.6. The Balaban J connectivity index is 3.92. The molecular weight excluding hydrogens is 248 g/mol. The highest BCUT2D eigenvalue weighted by molar-refractivity contribution is 5.86. The van der Waals surface area contributed by atoms with E-state index in [1.54, 1.807) is 0 Å². The summed E-state index contributed by atoms with van der Waals surface area (Å²) in [5.41, 5.74) is 0.0519. The van der Waals surface area contributed by atoms with Crippen molar-refractivity contribution in [3.05, 3.63) is 12.2 Å². The summed E-state index contributed by atoms with van der Waals surface area (Å²) in [4.78, 5) is 10.8. The van der Waals surface area contributed by atoms with E-state index in [9.17, 15) is 22.4 Å². The Morgan fingerprint density at radius 1 is 1.41 bits per heavy atom. The van der Waals surface area contributed by atoms with Gasteiger partial charge in [0.25, 0.3) is 0 Å². The maximum Gasteiger partial charge on any atom is 0.416 e. The monoisotopic (exact) mass is 260 g/mol. The molecule has 8 heteroatoms. The molecule has 17 heavy (non-hydrogen) atoms. The van der Waals surface area contributed by atoms with Gasteiger partial charge in [-0.15, -0.1) is 0 Å². The number of rotatable bonds is 7. The van der Waals surface area contributed by atoms with E-state index < -0.39 is 37.8 Å². The van der Waals surface area contributed by atoms with Crippen molar-refractivity contribution in [2.24, 2.45) is 0 Å². The van der Waals surface area contributed by atoms with Gasteiger partial charge in [0, 0.05) is 5.57 Å². The molecule has 0 aromatic carbocycles. The number of aliphatic hydroxyl groups excluding tert-OH is 1. The molecular formula is C9H12F4O4. The van der Waals surface area contributed by atoms with Crippen LogP contribution < -0.4 is 0 Å². The molecule has 100 valence electrons. The van der Waals surface area contributed by atoms with Gasteiger partial charge < -0.3 is 14.6 Å². The maximum absolute atomic E-state index is 12.2. The van der Waals surface area contributed by atoms with Crippen LogP contribution in [0.3, 0.4) is 0 Å². The van der Waals surface area contributed by atoms with Crippen LogP contribution in [0, 0.1) is 0 Å². The van der Waals surface area contributed by atoms with Crippen molar-refractivity contribution < 1.29 is 36.9 Å². The average Bonchev–Trinajstić information content (AvgIpc) is 2.22. The molecule has 0 aromatic heterocycles. The molecule has 0 heterocycles. The molecule has 0 spiro atoms. The van der Waals surface area contributed by atoms with Gasteiger partial charge in [0.1, 0.15) is 12.7 Å². The second kappa shape index (κ2) is 6.55. The van der Waals surface area contributed by atoms with Crippen molar-refractivity contribution >= 4 is 5.97 Å². The lowest BCUT2D eigenvalue weighted by molar-refractivity contribution is -0.307. The fourth-order valence-electron chi connectivity index (χ4n) is 0.613. The Morgan fingerprint density at radius 2 is 1.94 bits per heavy atom. The molecule has 0 saturated heterocycles. The Morgan fingerprint density at radius 3 is 2.35 bits per heavy atom. The van der Waals surface area contributed by atoms with E-state index in [1.165, 1.54) is 6.92 Å². The van der Waals surface area contributed by atoms with Crippen LogP contribution in [-0.2, 0) is 14.3 Å². The Bertz CT molecular complexity index is 280. The molecule has 0 fully saturated rings. The fourth-order valence-corrected chi connectivity index (χ4v) is 0.613. The molecule has 0 radical (unpaired) electrons. The lowest BCUT2D eigenvalue weighted by atomic mass is 10.3. The highest BCUT2D eigenvalue weighted by Gasteiger charge is 2.42. The predicted octanol–water partition coefficient (Wildman–Crippen LogP) is 1.34. The van der Waals surface area contributed by atoms with Crippen molar-refractivity contribution in [2.75, 3.05) is 13.2 Å². The molecule has 0 aliphatic rings. The normalized spacial score (nSPS) is 13.6. The minimum Gasteiger partial charge on any atom is -0.460 e. The van der Waals surface area contributed by atoms with Gasteiger partial charge >= 0.3 is 18.5 Å². The SMILES string of the molecule is C=C(C)C(=O)OCC(O)COC(F)(F)C(F)F. The van der Waals surface area contributed by atoms with Crippen LogP contribution in [-0.4, -0.2) is 42.9 Å². The summed E-state index contributed by atoms with van der Waals surface area (Å²) in [6.07, 6.45) is -10.3. The molecule has 0 saturated carbocycles. The lowest BCUT2D eigenvalue weighted by Crippen LogP contribution is -2.35. The van der Waals surface area contributed by atoms with Gasteiger partial charge in [-0.2, -0.15) is 8.78 Å². The summed E-state index contributed by atoms with van der Waals surface area (Å²) in [6, 6.07) is 0. The first-order valence-electron chi connectivity index (χ1n) is 4.47. The van der Waals surface area contributed by atoms with Gasteiger partial charge in [0.15, 0.2) is 0 Å². The largest absolute Gasteiger partial charge is 0.460 e. The Labute approximate surface area is 94.8 Å². The first kappa shape index (κ1) is 15.9. The van der Waals surface area contributed by atoms with Gasteiger partial charge in [-0.3, -0.25) is 0 Å². The van der Waals surface area contributed by atoms with Crippen molar-refractivity contribution in [1.82, 2.24) is 0 Å². The molecule has 0 aromatic rings. The van der Waals surface area contributed by atoms with E-state index in [0.717, 1.165) is 0 Å². The van der Waals surface area contributed by atoms with Crippen LogP contribution >= 0.6 is 0 Å². The topological polar surface area (TPSA) is 55.8 Å². The third-order valence-electron chi connectivity index (χ3n) is 1.48. The molecule has 1 atom stereocenters. The zero-order valence-electron chi connectivity index (χ0n) is 8.96. The van der Waals surface area contributed by atoms with Gasteiger partial charge in [-0.1, -0.05) is 6.58 Å². The highest BCUT2D eigenvalue weighted by atomic mass is 19.3. The van der Waals surface area contributed by atoms with Crippen LogP contribution in [0.25, 0.3) is 0 Å². The van der Waals surface area contributed by atoms with Crippen molar-refractivity contribution in [3.63, 3.8) is 0 Å². The van der Waals surface area contributed by atoms with Crippen LogP contribution in [0.4, 0.5) is 17.6 Å².